The summed E-state index contributed by atoms with van der Waals surface area (Å²) in [6.45, 7) is 4.32. The van der Waals surface area contributed by atoms with E-state index in [2.05, 4.69) is 0 Å². The fourth-order valence-corrected chi connectivity index (χ4v) is 3.37. The monoisotopic (exact) mass is 370 g/mol. The van der Waals surface area contributed by atoms with Crippen molar-refractivity contribution < 1.29 is 19.1 Å². The van der Waals surface area contributed by atoms with Gasteiger partial charge in [0, 0.05) is 13.1 Å². The molecular weight excluding hydrogens is 355 g/mol. The van der Waals surface area contributed by atoms with E-state index in [1.54, 1.807) is 4.90 Å². The first-order valence-corrected chi connectivity index (χ1v) is 8.32. The Morgan fingerprint density at radius 1 is 1.08 bits per heavy atom. The van der Waals surface area contributed by atoms with Gasteiger partial charge in [-0.3, -0.25) is 19.3 Å². The van der Waals surface area contributed by atoms with Gasteiger partial charge >= 0.3 is 0 Å². The summed E-state index contributed by atoms with van der Waals surface area (Å²) < 4.78 is 5.59. The average molecular weight is 371 g/mol. The Labute approximate surface area is 149 Å². The van der Waals surface area contributed by atoms with Gasteiger partial charge in [-0.2, -0.15) is 0 Å². The third-order valence-corrected chi connectivity index (χ3v) is 4.80. The third-order valence-electron chi connectivity index (χ3n) is 4.08. The lowest BCUT2D eigenvalue weighted by molar-refractivity contribution is -0.143. The number of hydrogen-bond donors (Lipinski definition) is 0. The van der Waals surface area contributed by atoms with Crippen molar-refractivity contribution >= 4 is 40.9 Å². The van der Waals surface area contributed by atoms with Gasteiger partial charge in [-0.05, 0) is 26.0 Å². The highest BCUT2D eigenvalue weighted by atomic mass is 35.5. The predicted octanol–water partition coefficient (Wildman–Crippen LogP) is 2.23. The molecule has 2 atom stereocenters. The van der Waals surface area contributed by atoms with E-state index in [1.165, 1.54) is 12.1 Å². The van der Waals surface area contributed by atoms with Crippen molar-refractivity contribution in [2.45, 2.75) is 26.1 Å². The molecular formula is C16H16Cl2N2O4. The summed E-state index contributed by atoms with van der Waals surface area (Å²) in [5, 5.41) is 0.390. The lowest BCUT2D eigenvalue weighted by Gasteiger charge is -2.35. The molecule has 2 aliphatic rings. The first-order chi connectivity index (χ1) is 11.3. The van der Waals surface area contributed by atoms with E-state index in [9.17, 15) is 14.4 Å². The fraction of sp³-hybridized carbons (Fsp3) is 0.438. The second-order valence-electron chi connectivity index (χ2n) is 6.06. The molecule has 128 valence electrons. The zero-order valence-electron chi connectivity index (χ0n) is 13.2. The Morgan fingerprint density at radius 2 is 1.54 bits per heavy atom. The molecule has 0 radical (unpaired) electrons. The zero-order chi connectivity index (χ0) is 17.6. The van der Waals surface area contributed by atoms with Crippen LogP contribution in [0.4, 0.5) is 0 Å². The number of ether oxygens (including phenoxy) is 1. The molecule has 6 nitrogen and oxygen atoms in total. The predicted molar refractivity (Wildman–Crippen MR) is 88.4 cm³/mol. The van der Waals surface area contributed by atoms with Crippen LogP contribution in [0, 0.1) is 0 Å². The second kappa shape index (κ2) is 6.35. The van der Waals surface area contributed by atoms with Crippen LogP contribution >= 0.6 is 23.2 Å². The molecule has 3 amide bonds. The summed E-state index contributed by atoms with van der Waals surface area (Å²) in [7, 11) is 0. The summed E-state index contributed by atoms with van der Waals surface area (Å²) in [4.78, 5) is 39.9. The summed E-state index contributed by atoms with van der Waals surface area (Å²) in [6, 6.07) is 2.73. The number of carbonyl (C=O) groups is 3. The number of fused-ring (bicyclic) bond motifs is 1. The van der Waals surface area contributed by atoms with Gasteiger partial charge in [0.15, 0.2) is 0 Å². The average Bonchev–Trinajstić information content (AvgIpc) is 2.72. The van der Waals surface area contributed by atoms with Gasteiger partial charge in [0.2, 0.25) is 5.91 Å². The highest BCUT2D eigenvalue weighted by molar-refractivity contribution is 6.43. The number of amides is 3. The van der Waals surface area contributed by atoms with E-state index in [4.69, 9.17) is 27.9 Å². The largest absolute Gasteiger partial charge is 0.372 e. The molecule has 1 fully saturated rings. The summed E-state index contributed by atoms with van der Waals surface area (Å²) in [6.07, 6.45) is -0.171. The van der Waals surface area contributed by atoms with Gasteiger partial charge in [0.25, 0.3) is 11.8 Å². The molecule has 0 spiro atoms. The number of halogens is 2. The molecule has 3 rings (SSSR count). The van der Waals surface area contributed by atoms with E-state index in [1.807, 2.05) is 13.8 Å². The van der Waals surface area contributed by atoms with E-state index in [-0.39, 0.29) is 45.8 Å². The van der Waals surface area contributed by atoms with Gasteiger partial charge in [-0.25, -0.2) is 0 Å². The Morgan fingerprint density at radius 3 is 2.00 bits per heavy atom. The first kappa shape index (κ1) is 17.2. The smallest absolute Gasteiger partial charge is 0.262 e. The Balaban J connectivity index is 1.78. The molecule has 0 N–H and O–H groups in total. The molecule has 8 heteroatoms. The van der Waals surface area contributed by atoms with Crippen LogP contribution in [0.2, 0.25) is 10.0 Å². The minimum atomic E-state index is -0.531. The molecule has 1 aromatic carbocycles. The lowest BCUT2D eigenvalue weighted by Crippen LogP contribution is -2.51. The standard InChI is InChI=1S/C16H16Cl2N2O4/c1-8-5-19(6-9(2)24-8)14(21)7-20-15(22)10-3-12(17)13(18)4-11(10)16(20)23/h3-4,8-9H,5-7H2,1-2H3/t8-,9-/m1/s1. The quantitative estimate of drug-likeness (QED) is 0.748. The van der Waals surface area contributed by atoms with Crippen LogP contribution in [-0.4, -0.2) is 59.4 Å². The molecule has 2 heterocycles. The van der Waals surface area contributed by atoms with Gasteiger partial charge in [0.1, 0.15) is 6.54 Å². The van der Waals surface area contributed by atoms with Crippen LogP contribution in [0.15, 0.2) is 12.1 Å². The molecule has 0 unspecified atom stereocenters. The molecule has 0 aliphatic carbocycles. The maximum Gasteiger partial charge on any atom is 0.262 e. The summed E-state index contributed by atoms with van der Waals surface area (Å²) >= 11 is 11.8. The molecule has 24 heavy (non-hydrogen) atoms. The number of imide groups is 1. The fourth-order valence-electron chi connectivity index (χ4n) is 3.04. The van der Waals surface area contributed by atoms with Crippen LogP contribution in [0.1, 0.15) is 34.6 Å². The van der Waals surface area contributed by atoms with Gasteiger partial charge < -0.3 is 9.64 Å². The SMILES string of the molecule is C[C@@H]1CN(C(=O)CN2C(=O)c3cc(Cl)c(Cl)cc3C2=O)C[C@@H](C)O1. The van der Waals surface area contributed by atoms with Gasteiger partial charge in [-0.1, -0.05) is 23.2 Å². The Hall–Kier alpha value is -1.63. The van der Waals surface area contributed by atoms with Gasteiger partial charge in [0.05, 0.1) is 33.4 Å². The van der Waals surface area contributed by atoms with E-state index >= 15 is 0 Å². The molecule has 1 aromatic rings. The number of hydrogen-bond acceptors (Lipinski definition) is 4. The van der Waals surface area contributed by atoms with Crippen molar-refractivity contribution in [2.24, 2.45) is 0 Å². The van der Waals surface area contributed by atoms with E-state index in [0.717, 1.165) is 4.90 Å². The maximum atomic E-state index is 12.5. The van der Waals surface area contributed by atoms with Crippen molar-refractivity contribution in [2.75, 3.05) is 19.6 Å². The van der Waals surface area contributed by atoms with Crippen molar-refractivity contribution in [3.05, 3.63) is 33.3 Å². The minimum absolute atomic E-state index is 0.0857. The minimum Gasteiger partial charge on any atom is -0.372 e. The third kappa shape index (κ3) is 3.01. The number of benzene rings is 1. The van der Waals surface area contributed by atoms with E-state index < -0.39 is 11.8 Å². The number of carbonyl (C=O) groups excluding carboxylic acids is 3. The van der Waals surface area contributed by atoms with Crippen LogP contribution in [0.5, 0.6) is 0 Å². The molecule has 0 saturated carbocycles. The van der Waals surface area contributed by atoms with Crippen LogP contribution in [0.3, 0.4) is 0 Å². The van der Waals surface area contributed by atoms with Gasteiger partial charge in [-0.15, -0.1) is 0 Å². The van der Waals surface area contributed by atoms with Crippen molar-refractivity contribution in [1.29, 1.82) is 0 Å². The maximum absolute atomic E-state index is 12.5. The van der Waals surface area contributed by atoms with Crippen LogP contribution in [-0.2, 0) is 9.53 Å². The Kier molecular flexibility index (Phi) is 4.55. The molecule has 0 bridgehead atoms. The normalized spacial score (nSPS) is 23.7. The van der Waals surface area contributed by atoms with E-state index in [0.29, 0.717) is 13.1 Å². The number of morpholine rings is 1. The molecule has 1 saturated heterocycles. The lowest BCUT2D eigenvalue weighted by atomic mass is 10.1. The zero-order valence-corrected chi connectivity index (χ0v) is 14.7. The summed E-state index contributed by atoms with van der Waals surface area (Å²) in [5.41, 5.74) is 0.344. The number of rotatable bonds is 2. The summed E-state index contributed by atoms with van der Waals surface area (Å²) in [5.74, 6) is -1.35. The highest BCUT2D eigenvalue weighted by Gasteiger charge is 2.38. The first-order valence-electron chi connectivity index (χ1n) is 7.56. The molecule has 2 aliphatic heterocycles. The molecule has 0 aromatic heterocycles. The second-order valence-corrected chi connectivity index (χ2v) is 6.88. The van der Waals surface area contributed by atoms with Crippen LogP contribution in [0.25, 0.3) is 0 Å². The Bertz CT molecular complexity index is 686. The van der Waals surface area contributed by atoms with Crippen molar-refractivity contribution in [3.8, 4) is 0 Å². The number of nitrogens with zero attached hydrogens (tertiary/aromatic N) is 2. The topological polar surface area (TPSA) is 66.9 Å². The van der Waals surface area contributed by atoms with Crippen molar-refractivity contribution in [3.63, 3.8) is 0 Å². The van der Waals surface area contributed by atoms with Crippen molar-refractivity contribution in [1.82, 2.24) is 9.80 Å². The van der Waals surface area contributed by atoms with Crippen LogP contribution < -0.4 is 0 Å². The highest BCUT2D eigenvalue weighted by Crippen LogP contribution is 2.31.